The molecule has 0 atom stereocenters. The largest absolute Gasteiger partial charge is 0.365 e. The summed E-state index contributed by atoms with van der Waals surface area (Å²) in [7, 11) is 0. The van der Waals surface area contributed by atoms with Gasteiger partial charge in [0.2, 0.25) is 0 Å². The summed E-state index contributed by atoms with van der Waals surface area (Å²) in [6.07, 6.45) is 3.56. The minimum absolute atomic E-state index is 0.652. The molecule has 0 spiro atoms. The van der Waals surface area contributed by atoms with Crippen molar-refractivity contribution in [2.45, 2.75) is 26.3 Å². The van der Waals surface area contributed by atoms with Crippen molar-refractivity contribution in [3.05, 3.63) is 40.5 Å². The molecule has 1 N–H and O–H groups in total. The van der Waals surface area contributed by atoms with E-state index >= 15 is 0 Å². The summed E-state index contributed by atoms with van der Waals surface area (Å²) < 4.78 is 1.74. The van der Waals surface area contributed by atoms with Crippen LogP contribution in [0.4, 0.5) is 5.82 Å². The van der Waals surface area contributed by atoms with Crippen molar-refractivity contribution in [2.24, 2.45) is 0 Å². The number of nitrogens with one attached hydrogen (secondary N) is 1. The lowest BCUT2D eigenvalue weighted by Crippen LogP contribution is -2.07. The quantitative estimate of drug-likeness (QED) is 0.776. The van der Waals surface area contributed by atoms with Crippen molar-refractivity contribution in [3.63, 3.8) is 0 Å². The molecule has 19 heavy (non-hydrogen) atoms. The van der Waals surface area contributed by atoms with Crippen LogP contribution in [0.15, 0.2) is 29.9 Å². The van der Waals surface area contributed by atoms with Gasteiger partial charge in [0.1, 0.15) is 12.1 Å². The molecular formula is C13H15N5S. The van der Waals surface area contributed by atoms with Gasteiger partial charge in [0.05, 0.1) is 6.54 Å². The van der Waals surface area contributed by atoms with Gasteiger partial charge >= 0.3 is 0 Å². The normalized spacial score (nSPS) is 11.0. The Balaban J connectivity index is 1.89. The zero-order valence-corrected chi connectivity index (χ0v) is 11.5. The lowest BCUT2D eigenvalue weighted by molar-refractivity contribution is 0.854. The highest BCUT2D eigenvalue weighted by Gasteiger charge is 2.07. The number of hydrogen-bond acceptors (Lipinski definition) is 5. The highest BCUT2D eigenvalue weighted by atomic mass is 32.1. The molecule has 98 valence electrons. The maximum absolute atomic E-state index is 4.48. The Morgan fingerprint density at radius 3 is 3.16 bits per heavy atom. The van der Waals surface area contributed by atoms with Gasteiger partial charge in [0.15, 0.2) is 0 Å². The number of aryl methyl sites for hydroxylation is 1. The van der Waals surface area contributed by atoms with Crippen molar-refractivity contribution in [3.8, 4) is 0 Å². The van der Waals surface area contributed by atoms with Crippen molar-refractivity contribution in [1.82, 2.24) is 19.6 Å². The summed E-state index contributed by atoms with van der Waals surface area (Å²) in [5.41, 5.74) is 1.05. The van der Waals surface area contributed by atoms with E-state index in [1.54, 1.807) is 15.9 Å². The predicted octanol–water partition coefficient (Wildman–Crippen LogP) is 2.75. The van der Waals surface area contributed by atoms with E-state index in [1.807, 2.05) is 0 Å². The first-order valence-corrected chi connectivity index (χ1v) is 7.20. The molecular weight excluding hydrogens is 258 g/mol. The number of fused-ring (bicyclic) bond motifs is 1. The van der Waals surface area contributed by atoms with Crippen molar-refractivity contribution < 1.29 is 0 Å². The fourth-order valence-corrected chi connectivity index (χ4v) is 2.61. The van der Waals surface area contributed by atoms with E-state index in [4.69, 9.17) is 0 Å². The molecule has 0 saturated heterocycles. The van der Waals surface area contributed by atoms with E-state index in [9.17, 15) is 0 Å². The van der Waals surface area contributed by atoms with Gasteiger partial charge in [-0.2, -0.15) is 14.6 Å². The number of aromatic nitrogens is 4. The Morgan fingerprint density at radius 1 is 1.42 bits per heavy atom. The lowest BCUT2D eigenvalue weighted by atomic mass is 10.2. The molecule has 0 aliphatic rings. The number of hydrogen-bond donors (Lipinski definition) is 1. The number of thiophene rings is 1. The van der Waals surface area contributed by atoms with Crippen LogP contribution in [0.1, 0.15) is 23.9 Å². The molecule has 0 fully saturated rings. The van der Waals surface area contributed by atoms with Crippen LogP contribution in [0.3, 0.4) is 0 Å². The number of anilines is 1. The topological polar surface area (TPSA) is 55.1 Å². The molecule has 3 heterocycles. The molecule has 3 rings (SSSR count). The smallest absolute Gasteiger partial charge is 0.254 e. The van der Waals surface area contributed by atoms with Crippen molar-refractivity contribution >= 4 is 22.9 Å². The number of nitrogens with zero attached hydrogens (tertiary/aromatic N) is 4. The van der Waals surface area contributed by atoms with Gasteiger partial charge in [-0.1, -0.05) is 19.4 Å². The van der Waals surface area contributed by atoms with E-state index in [-0.39, 0.29) is 0 Å². The zero-order valence-electron chi connectivity index (χ0n) is 10.7. The second-order valence-corrected chi connectivity index (χ2v) is 5.32. The first-order chi connectivity index (χ1) is 9.36. The molecule has 0 saturated carbocycles. The molecule has 0 aliphatic heterocycles. The molecule has 0 aromatic carbocycles. The summed E-state index contributed by atoms with van der Waals surface area (Å²) >= 11 is 1.74. The van der Waals surface area contributed by atoms with Crippen LogP contribution in [-0.4, -0.2) is 19.6 Å². The van der Waals surface area contributed by atoms with E-state index in [0.29, 0.717) is 5.78 Å². The van der Waals surface area contributed by atoms with Gasteiger partial charge in [-0.15, -0.1) is 11.3 Å². The Morgan fingerprint density at radius 2 is 2.37 bits per heavy atom. The number of rotatable bonds is 5. The van der Waals surface area contributed by atoms with E-state index in [2.05, 4.69) is 50.9 Å². The van der Waals surface area contributed by atoms with Crippen LogP contribution in [0.2, 0.25) is 0 Å². The Labute approximate surface area is 115 Å². The fourth-order valence-electron chi connectivity index (χ4n) is 1.96. The molecule has 0 bridgehead atoms. The van der Waals surface area contributed by atoms with Crippen LogP contribution in [-0.2, 0) is 13.0 Å². The summed E-state index contributed by atoms with van der Waals surface area (Å²) in [5.74, 6) is 1.60. The second-order valence-electron chi connectivity index (χ2n) is 4.29. The first-order valence-electron chi connectivity index (χ1n) is 6.32. The molecule has 0 radical (unpaired) electrons. The van der Waals surface area contributed by atoms with Crippen LogP contribution in [0.5, 0.6) is 0 Å². The third kappa shape index (κ3) is 2.58. The van der Waals surface area contributed by atoms with Crippen LogP contribution >= 0.6 is 11.3 Å². The average Bonchev–Trinajstić information content (AvgIpc) is 3.07. The van der Waals surface area contributed by atoms with Crippen LogP contribution < -0.4 is 5.32 Å². The Kier molecular flexibility index (Phi) is 3.41. The average molecular weight is 273 g/mol. The maximum Gasteiger partial charge on any atom is 0.254 e. The van der Waals surface area contributed by atoms with Gasteiger partial charge in [-0.25, -0.2) is 4.98 Å². The Bertz CT molecular complexity index is 659. The SMILES string of the molecule is CCCc1cc(NCc2cccs2)n2ncnc2n1. The van der Waals surface area contributed by atoms with Crippen LogP contribution in [0.25, 0.3) is 5.78 Å². The van der Waals surface area contributed by atoms with Gasteiger partial charge in [0.25, 0.3) is 5.78 Å². The predicted molar refractivity (Wildman–Crippen MR) is 76.4 cm³/mol. The first kappa shape index (κ1) is 12.1. The van der Waals surface area contributed by atoms with E-state index in [0.717, 1.165) is 30.9 Å². The molecule has 5 nitrogen and oxygen atoms in total. The molecule has 0 amide bonds. The Hall–Kier alpha value is -1.95. The third-order valence-electron chi connectivity index (χ3n) is 2.83. The van der Waals surface area contributed by atoms with Gasteiger partial charge in [-0.3, -0.25) is 0 Å². The van der Waals surface area contributed by atoms with Crippen LogP contribution in [0, 0.1) is 0 Å². The zero-order chi connectivity index (χ0) is 13.1. The van der Waals surface area contributed by atoms with Gasteiger partial charge in [-0.05, 0) is 17.9 Å². The third-order valence-corrected chi connectivity index (χ3v) is 3.71. The minimum Gasteiger partial charge on any atom is -0.365 e. The van der Waals surface area contributed by atoms with E-state index < -0.39 is 0 Å². The monoisotopic (exact) mass is 273 g/mol. The molecule has 3 aromatic rings. The fraction of sp³-hybridized carbons (Fsp3) is 0.308. The summed E-state index contributed by atoms with van der Waals surface area (Å²) in [6, 6.07) is 6.23. The summed E-state index contributed by atoms with van der Waals surface area (Å²) in [6.45, 7) is 2.94. The van der Waals surface area contributed by atoms with Crippen molar-refractivity contribution in [1.29, 1.82) is 0 Å². The van der Waals surface area contributed by atoms with Gasteiger partial charge in [0, 0.05) is 16.6 Å². The van der Waals surface area contributed by atoms with Gasteiger partial charge < -0.3 is 5.32 Å². The summed E-state index contributed by atoms with van der Waals surface area (Å²) in [4.78, 5) is 9.95. The molecule has 0 aliphatic carbocycles. The minimum atomic E-state index is 0.652. The maximum atomic E-state index is 4.48. The highest BCUT2D eigenvalue weighted by molar-refractivity contribution is 7.09. The standard InChI is InChI=1S/C13H15N5S/c1-2-4-10-7-12(14-8-11-5-3-6-19-11)18-13(17-10)15-9-16-18/h3,5-7,9,14H,2,4,8H2,1H3. The lowest BCUT2D eigenvalue weighted by Gasteiger charge is -2.08. The molecule has 6 heteroatoms. The highest BCUT2D eigenvalue weighted by Crippen LogP contribution is 2.15. The van der Waals surface area contributed by atoms with E-state index in [1.165, 1.54) is 11.2 Å². The molecule has 3 aromatic heterocycles. The molecule has 0 unspecified atom stereocenters. The van der Waals surface area contributed by atoms with Crippen molar-refractivity contribution in [2.75, 3.05) is 5.32 Å². The summed E-state index contributed by atoms with van der Waals surface area (Å²) in [5, 5.41) is 9.69. The second kappa shape index (κ2) is 5.36.